The Morgan fingerprint density at radius 1 is 1.32 bits per heavy atom. The third-order valence-corrected chi connectivity index (χ3v) is 3.98. The Hall–Kier alpha value is -2.58. The number of aryl methyl sites for hydroxylation is 1. The Morgan fingerprint density at radius 3 is 2.92 bits per heavy atom. The maximum atomic E-state index is 9.72. The maximum absolute atomic E-state index is 9.72. The summed E-state index contributed by atoms with van der Waals surface area (Å²) >= 11 is 0. The van der Waals surface area contributed by atoms with Crippen LogP contribution in [0.15, 0.2) is 30.5 Å². The van der Waals surface area contributed by atoms with Gasteiger partial charge < -0.3 is 24.9 Å². The fraction of sp³-hybridized carbons (Fsp3) is 0.412. The van der Waals surface area contributed by atoms with Crippen molar-refractivity contribution in [3.63, 3.8) is 0 Å². The molecular formula is C17H23N5O3. The first-order valence-electron chi connectivity index (χ1n) is 8.33. The first-order chi connectivity index (χ1) is 12.3. The normalized spacial score (nSPS) is 14.4. The molecule has 0 bridgehead atoms. The standard InChI is InChI=1S/C17H23N5O3/c18-21-16-11-13(22-6-9-24-10-7-22)12-17(20-16)25-8-2-3-14-15(23)4-1-5-19-14/h1,4-5,11-12,23H,2-3,6-10,18H2,(H,20,21). The van der Waals surface area contributed by atoms with Gasteiger partial charge in [-0.25, -0.2) is 5.84 Å². The number of anilines is 2. The van der Waals surface area contributed by atoms with Crippen molar-refractivity contribution in [2.24, 2.45) is 5.84 Å². The number of rotatable bonds is 7. The van der Waals surface area contributed by atoms with Crippen LogP contribution in [0.1, 0.15) is 12.1 Å². The minimum atomic E-state index is 0.213. The van der Waals surface area contributed by atoms with E-state index in [2.05, 4.69) is 20.3 Å². The Kier molecular flexibility index (Phi) is 5.86. The SMILES string of the molecule is NNc1cc(N2CCOCC2)cc(OCCCc2ncccc2O)n1. The summed E-state index contributed by atoms with van der Waals surface area (Å²) in [4.78, 5) is 10.7. The summed E-state index contributed by atoms with van der Waals surface area (Å²) in [5.41, 5.74) is 4.25. The van der Waals surface area contributed by atoms with E-state index >= 15 is 0 Å². The second kappa shape index (κ2) is 8.50. The van der Waals surface area contributed by atoms with E-state index in [0.29, 0.717) is 43.6 Å². The van der Waals surface area contributed by atoms with Crippen LogP contribution < -0.4 is 20.9 Å². The Morgan fingerprint density at radius 2 is 2.16 bits per heavy atom. The van der Waals surface area contributed by atoms with Crippen molar-refractivity contribution >= 4 is 11.5 Å². The highest BCUT2D eigenvalue weighted by molar-refractivity contribution is 5.56. The molecule has 3 rings (SSSR count). The quantitative estimate of drug-likeness (QED) is 0.392. The van der Waals surface area contributed by atoms with E-state index < -0.39 is 0 Å². The molecule has 134 valence electrons. The van der Waals surface area contributed by atoms with Crippen LogP contribution in [-0.4, -0.2) is 48.0 Å². The van der Waals surface area contributed by atoms with Crippen molar-refractivity contribution in [3.8, 4) is 11.6 Å². The molecule has 1 aliphatic rings. The number of nitrogens with one attached hydrogen (secondary N) is 1. The lowest BCUT2D eigenvalue weighted by Crippen LogP contribution is -2.36. The minimum Gasteiger partial charge on any atom is -0.506 e. The summed E-state index contributed by atoms with van der Waals surface area (Å²) < 4.78 is 11.2. The van der Waals surface area contributed by atoms with Gasteiger partial charge in [0.1, 0.15) is 11.6 Å². The van der Waals surface area contributed by atoms with Crippen LogP contribution >= 0.6 is 0 Å². The van der Waals surface area contributed by atoms with Gasteiger partial charge in [-0.3, -0.25) is 4.98 Å². The van der Waals surface area contributed by atoms with Gasteiger partial charge in [-0.1, -0.05) is 0 Å². The predicted molar refractivity (Wildman–Crippen MR) is 94.8 cm³/mol. The second-order valence-electron chi connectivity index (χ2n) is 5.71. The summed E-state index contributed by atoms with van der Waals surface area (Å²) in [5, 5.41) is 9.72. The van der Waals surface area contributed by atoms with E-state index in [1.165, 1.54) is 0 Å². The van der Waals surface area contributed by atoms with E-state index in [-0.39, 0.29) is 5.75 Å². The first-order valence-corrected chi connectivity index (χ1v) is 8.33. The van der Waals surface area contributed by atoms with Crippen molar-refractivity contribution in [1.82, 2.24) is 9.97 Å². The number of morpholine rings is 1. The van der Waals surface area contributed by atoms with Crippen LogP contribution in [0.2, 0.25) is 0 Å². The Balaban J connectivity index is 1.58. The topological polar surface area (TPSA) is 106 Å². The highest BCUT2D eigenvalue weighted by atomic mass is 16.5. The number of hydrogen-bond donors (Lipinski definition) is 3. The number of nitrogens with zero attached hydrogens (tertiary/aromatic N) is 3. The highest BCUT2D eigenvalue weighted by Gasteiger charge is 2.14. The molecule has 0 atom stereocenters. The molecule has 0 aliphatic carbocycles. The smallest absolute Gasteiger partial charge is 0.217 e. The van der Waals surface area contributed by atoms with E-state index in [1.807, 2.05) is 12.1 Å². The molecule has 8 nitrogen and oxygen atoms in total. The number of hydrogen-bond acceptors (Lipinski definition) is 8. The molecule has 0 saturated carbocycles. The van der Waals surface area contributed by atoms with Crippen molar-refractivity contribution in [3.05, 3.63) is 36.2 Å². The van der Waals surface area contributed by atoms with Crippen LogP contribution in [0.3, 0.4) is 0 Å². The molecule has 0 aromatic carbocycles. The van der Waals surface area contributed by atoms with Crippen LogP contribution in [0.25, 0.3) is 0 Å². The van der Waals surface area contributed by atoms with Crippen LogP contribution in [0, 0.1) is 0 Å². The highest BCUT2D eigenvalue weighted by Crippen LogP contribution is 2.24. The molecular weight excluding hydrogens is 322 g/mol. The lowest BCUT2D eigenvalue weighted by atomic mass is 10.2. The number of hydrazine groups is 1. The molecule has 0 radical (unpaired) electrons. The summed E-state index contributed by atoms with van der Waals surface area (Å²) in [6, 6.07) is 7.14. The maximum Gasteiger partial charge on any atom is 0.217 e. The number of aromatic hydroxyl groups is 1. The largest absolute Gasteiger partial charge is 0.506 e. The number of nitrogens with two attached hydrogens (primary N) is 1. The average molecular weight is 345 g/mol. The molecule has 3 heterocycles. The molecule has 1 fully saturated rings. The van der Waals surface area contributed by atoms with Gasteiger partial charge >= 0.3 is 0 Å². The Bertz CT molecular complexity index is 692. The average Bonchev–Trinajstić information content (AvgIpc) is 2.67. The van der Waals surface area contributed by atoms with E-state index in [9.17, 15) is 5.11 Å². The molecule has 0 spiro atoms. The fourth-order valence-electron chi connectivity index (χ4n) is 2.68. The van der Waals surface area contributed by atoms with Crippen molar-refractivity contribution in [2.45, 2.75) is 12.8 Å². The summed E-state index contributed by atoms with van der Waals surface area (Å²) in [5.74, 6) is 6.80. The molecule has 25 heavy (non-hydrogen) atoms. The zero-order chi connectivity index (χ0) is 17.5. The van der Waals surface area contributed by atoms with Gasteiger partial charge in [0.05, 0.1) is 25.5 Å². The van der Waals surface area contributed by atoms with Crippen LogP contribution in [-0.2, 0) is 11.2 Å². The lowest BCUT2D eigenvalue weighted by Gasteiger charge is -2.29. The third kappa shape index (κ3) is 4.71. The van der Waals surface area contributed by atoms with Gasteiger partial charge in [-0.05, 0) is 25.0 Å². The molecule has 2 aromatic heterocycles. The zero-order valence-corrected chi connectivity index (χ0v) is 14.0. The minimum absolute atomic E-state index is 0.213. The monoisotopic (exact) mass is 345 g/mol. The molecule has 2 aromatic rings. The molecule has 0 unspecified atom stereocenters. The zero-order valence-electron chi connectivity index (χ0n) is 14.0. The van der Waals surface area contributed by atoms with Crippen molar-refractivity contribution < 1.29 is 14.6 Å². The van der Waals surface area contributed by atoms with Gasteiger partial charge in [0.25, 0.3) is 0 Å². The molecule has 4 N–H and O–H groups in total. The molecule has 1 saturated heterocycles. The molecule has 1 aliphatic heterocycles. The summed E-state index contributed by atoms with van der Waals surface area (Å²) in [6.07, 6.45) is 3.03. The number of ether oxygens (including phenoxy) is 2. The molecule has 8 heteroatoms. The van der Waals surface area contributed by atoms with E-state index in [4.69, 9.17) is 15.3 Å². The van der Waals surface area contributed by atoms with E-state index in [1.54, 1.807) is 18.3 Å². The van der Waals surface area contributed by atoms with Crippen molar-refractivity contribution in [2.75, 3.05) is 43.2 Å². The number of aromatic nitrogens is 2. The van der Waals surface area contributed by atoms with Gasteiger partial charge in [0.2, 0.25) is 5.88 Å². The number of nitrogen functional groups attached to an aromatic ring is 1. The van der Waals surface area contributed by atoms with Crippen molar-refractivity contribution in [1.29, 1.82) is 0 Å². The Labute approximate surface area is 146 Å². The fourth-order valence-corrected chi connectivity index (χ4v) is 2.68. The van der Waals surface area contributed by atoms with Gasteiger partial charge in [0.15, 0.2) is 0 Å². The van der Waals surface area contributed by atoms with E-state index in [0.717, 1.165) is 25.2 Å². The third-order valence-electron chi connectivity index (χ3n) is 3.98. The number of pyridine rings is 2. The van der Waals surface area contributed by atoms with Crippen LogP contribution in [0.5, 0.6) is 11.6 Å². The van der Waals surface area contributed by atoms with Gasteiger partial charge in [-0.2, -0.15) is 4.98 Å². The predicted octanol–water partition coefficient (Wildman–Crippen LogP) is 1.32. The second-order valence-corrected chi connectivity index (χ2v) is 5.71. The summed E-state index contributed by atoms with van der Waals surface area (Å²) in [7, 11) is 0. The van der Waals surface area contributed by atoms with Crippen LogP contribution in [0.4, 0.5) is 11.5 Å². The lowest BCUT2D eigenvalue weighted by molar-refractivity contribution is 0.122. The summed E-state index contributed by atoms with van der Waals surface area (Å²) in [6.45, 7) is 3.54. The molecule has 0 amide bonds. The first kappa shape index (κ1) is 17.2. The van der Waals surface area contributed by atoms with Gasteiger partial charge in [0, 0.05) is 37.1 Å². The van der Waals surface area contributed by atoms with Gasteiger partial charge in [-0.15, -0.1) is 0 Å².